The molecular weight excluding hydrogens is 252 g/mol. The van der Waals surface area contributed by atoms with E-state index in [2.05, 4.69) is 17.0 Å². The Hall–Kier alpha value is -1.55. The first-order valence-corrected chi connectivity index (χ1v) is 7.29. The van der Waals surface area contributed by atoms with Crippen molar-refractivity contribution in [2.24, 2.45) is 0 Å². The topological polar surface area (TPSA) is 32.8 Å². The summed E-state index contributed by atoms with van der Waals surface area (Å²) in [5, 5.41) is 0. The van der Waals surface area contributed by atoms with Gasteiger partial charge in [-0.05, 0) is 44.4 Å². The molecule has 20 heavy (non-hydrogen) atoms. The molecule has 4 heteroatoms. The Morgan fingerprint density at radius 1 is 1.25 bits per heavy atom. The number of nitrogens with zero attached hydrogens (tertiary/aromatic N) is 2. The smallest absolute Gasteiger partial charge is 0.258 e. The number of amides is 1. The van der Waals surface area contributed by atoms with Gasteiger partial charge in [-0.2, -0.15) is 0 Å². The van der Waals surface area contributed by atoms with E-state index in [4.69, 9.17) is 4.74 Å². The number of carbonyl (C=O) groups is 1. The Morgan fingerprint density at radius 3 is 2.55 bits per heavy atom. The number of benzene rings is 1. The van der Waals surface area contributed by atoms with E-state index in [-0.39, 0.29) is 5.91 Å². The van der Waals surface area contributed by atoms with Crippen LogP contribution in [0, 0.1) is 0 Å². The molecule has 0 aliphatic carbocycles. The average molecular weight is 274 g/mol. The Balaban J connectivity index is 1.87. The van der Waals surface area contributed by atoms with Crippen LogP contribution in [0.15, 0.2) is 24.3 Å². The van der Waals surface area contributed by atoms with Crippen molar-refractivity contribution < 1.29 is 9.53 Å². The largest absolute Gasteiger partial charge is 0.372 e. The number of hydrogen-bond acceptors (Lipinski definition) is 3. The third kappa shape index (κ3) is 2.18. The van der Waals surface area contributed by atoms with Crippen molar-refractivity contribution in [2.75, 3.05) is 25.0 Å². The molecule has 1 aromatic carbocycles. The first kappa shape index (κ1) is 13.4. The summed E-state index contributed by atoms with van der Waals surface area (Å²) in [4.78, 5) is 16.4. The zero-order valence-electron chi connectivity index (χ0n) is 12.4. The fraction of sp³-hybridized carbons (Fsp3) is 0.562. The van der Waals surface area contributed by atoms with Crippen LogP contribution in [0.1, 0.15) is 38.4 Å². The number of carbonyl (C=O) groups excluding carboxylic acids is 1. The second-order valence-electron chi connectivity index (χ2n) is 6.13. The first-order chi connectivity index (χ1) is 9.49. The van der Waals surface area contributed by atoms with Gasteiger partial charge in [-0.15, -0.1) is 0 Å². The van der Waals surface area contributed by atoms with Crippen molar-refractivity contribution >= 4 is 11.6 Å². The van der Waals surface area contributed by atoms with Crippen molar-refractivity contribution in [2.45, 2.75) is 38.5 Å². The summed E-state index contributed by atoms with van der Waals surface area (Å²) < 4.78 is 5.93. The number of hydrogen-bond donors (Lipinski definition) is 0. The van der Waals surface area contributed by atoms with Gasteiger partial charge in [0.25, 0.3) is 5.91 Å². The second kappa shape index (κ2) is 4.77. The molecule has 0 radical (unpaired) electrons. The molecule has 2 fully saturated rings. The molecule has 2 aliphatic rings. The monoisotopic (exact) mass is 274 g/mol. The zero-order valence-corrected chi connectivity index (χ0v) is 12.4. The van der Waals surface area contributed by atoms with Crippen LogP contribution in [0.4, 0.5) is 5.69 Å². The number of anilines is 1. The molecule has 1 atom stereocenters. The molecule has 2 aliphatic heterocycles. The fourth-order valence-corrected chi connectivity index (χ4v) is 2.93. The summed E-state index contributed by atoms with van der Waals surface area (Å²) in [6.07, 6.45) is 2.02. The Bertz CT molecular complexity index is 521. The third-order valence-electron chi connectivity index (χ3n) is 4.41. The van der Waals surface area contributed by atoms with Gasteiger partial charge in [0.05, 0.1) is 0 Å². The van der Waals surface area contributed by atoms with Crippen LogP contribution in [0.25, 0.3) is 0 Å². The zero-order chi connectivity index (χ0) is 14.3. The standard InChI is InChI=1S/C16H22N2O2/c1-16(2)17(3)15(19)14(20-16)12-7-6-8-13(11-12)18-9-4-5-10-18/h6-8,11,14H,4-5,9-10H2,1-3H3. The number of ether oxygens (including phenoxy) is 1. The Labute approximate surface area is 120 Å². The summed E-state index contributed by atoms with van der Waals surface area (Å²) in [7, 11) is 1.80. The molecule has 4 nitrogen and oxygen atoms in total. The predicted molar refractivity (Wildman–Crippen MR) is 78.6 cm³/mol. The molecule has 0 aromatic heterocycles. The number of rotatable bonds is 2. The lowest BCUT2D eigenvalue weighted by atomic mass is 10.1. The summed E-state index contributed by atoms with van der Waals surface area (Å²) in [6.45, 7) is 6.06. The minimum Gasteiger partial charge on any atom is -0.372 e. The summed E-state index contributed by atoms with van der Waals surface area (Å²) in [6, 6.07) is 8.22. The van der Waals surface area contributed by atoms with Gasteiger partial charge >= 0.3 is 0 Å². The molecular formula is C16H22N2O2. The van der Waals surface area contributed by atoms with Gasteiger partial charge in [0.1, 0.15) is 5.72 Å². The molecule has 108 valence electrons. The normalized spacial score (nSPS) is 25.6. The Kier molecular flexibility index (Phi) is 3.21. The van der Waals surface area contributed by atoms with E-state index in [1.807, 2.05) is 26.0 Å². The molecule has 0 bridgehead atoms. The second-order valence-corrected chi connectivity index (χ2v) is 6.13. The van der Waals surface area contributed by atoms with Gasteiger partial charge in [0.15, 0.2) is 6.10 Å². The van der Waals surface area contributed by atoms with Gasteiger partial charge in [-0.1, -0.05) is 12.1 Å². The van der Waals surface area contributed by atoms with Crippen molar-refractivity contribution in [3.8, 4) is 0 Å². The SMILES string of the molecule is CN1C(=O)C(c2cccc(N3CCCC3)c2)OC1(C)C. The summed E-state index contributed by atoms with van der Waals surface area (Å²) in [5.41, 5.74) is 1.62. The van der Waals surface area contributed by atoms with Crippen LogP contribution >= 0.6 is 0 Å². The molecule has 1 aromatic rings. The molecule has 1 amide bonds. The predicted octanol–water partition coefficient (Wildman–Crippen LogP) is 2.55. The van der Waals surface area contributed by atoms with E-state index in [0.29, 0.717) is 0 Å². The molecule has 0 N–H and O–H groups in total. The van der Waals surface area contributed by atoms with Crippen LogP contribution in [0.3, 0.4) is 0 Å². The first-order valence-electron chi connectivity index (χ1n) is 7.29. The maximum atomic E-state index is 12.3. The third-order valence-corrected chi connectivity index (χ3v) is 4.41. The van der Waals surface area contributed by atoms with Gasteiger partial charge < -0.3 is 14.5 Å². The summed E-state index contributed by atoms with van der Waals surface area (Å²) in [5.74, 6) is 0.0357. The fourth-order valence-electron chi connectivity index (χ4n) is 2.93. The van der Waals surface area contributed by atoms with Crippen molar-refractivity contribution in [3.05, 3.63) is 29.8 Å². The lowest BCUT2D eigenvalue weighted by Crippen LogP contribution is -2.38. The van der Waals surface area contributed by atoms with E-state index in [0.717, 1.165) is 18.7 Å². The van der Waals surface area contributed by atoms with Crippen molar-refractivity contribution in [3.63, 3.8) is 0 Å². The minimum absolute atomic E-state index is 0.0357. The van der Waals surface area contributed by atoms with Crippen LogP contribution in [0.2, 0.25) is 0 Å². The minimum atomic E-state index is -0.536. The lowest BCUT2D eigenvalue weighted by Gasteiger charge is -2.25. The van der Waals surface area contributed by atoms with Crippen LogP contribution in [0.5, 0.6) is 0 Å². The molecule has 2 saturated heterocycles. The molecule has 0 spiro atoms. The quantitative estimate of drug-likeness (QED) is 0.831. The lowest BCUT2D eigenvalue weighted by molar-refractivity contribution is -0.130. The molecule has 1 unspecified atom stereocenters. The van der Waals surface area contributed by atoms with E-state index >= 15 is 0 Å². The van der Waals surface area contributed by atoms with Gasteiger partial charge in [-0.25, -0.2) is 0 Å². The number of likely N-dealkylation sites (N-methyl/N-ethyl adjacent to an activating group) is 1. The highest BCUT2D eigenvalue weighted by Gasteiger charge is 2.44. The molecule has 2 heterocycles. The van der Waals surface area contributed by atoms with Gasteiger partial charge in [-0.3, -0.25) is 4.79 Å². The van der Waals surface area contributed by atoms with Crippen LogP contribution in [-0.4, -0.2) is 36.7 Å². The average Bonchev–Trinajstić information content (AvgIpc) is 3.03. The van der Waals surface area contributed by atoms with Gasteiger partial charge in [0.2, 0.25) is 0 Å². The van der Waals surface area contributed by atoms with Crippen molar-refractivity contribution in [1.29, 1.82) is 0 Å². The Morgan fingerprint density at radius 2 is 1.95 bits per heavy atom. The highest BCUT2D eigenvalue weighted by atomic mass is 16.5. The van der Waals surface area contributed by atoms with E-state index < -0.39 is 11.8 Å². The molecule has 3 rings (SSSR count). The summed E-state index contributed by atoms with van der Waals surface area (Å²) >= 11 is 0. The van der Waals surface area contributed by atoms with Crippen LogP contribution in [-0.2, 0) is 9.53 Å². The van der Waals surface area contributed by atoms with E-state index in [1.54, 1.807) is 11.9 Å². The highest BCUT2D eigenvalue weighted by molar-refractivity contribution is 5.84. The van der Waals surface area contributed by atoms with E-state index in [1.165, 1.54) is 18.5 Å². The van der Waals surface area contributed by atoms with Gasteiger partial charge in [0, 0.05) is 25.8 Å². The van der Waals surface area contributed by atoms with Crippen LogP contribution < -0.4 is 4.90 Å². The van der Waals surface area contributed by atoms with E-state index in [9.17, 15) is 4.79 Å². The maximum absolute atomic E-state index is 12.3. The highest BCUT2D eigenvalue weighted by Crippen LogP contribution is 2.36. The maximum Gasteiger partial charge on any atom is 0.258 e. The molecule has 0 saturated carbocycles. The van der Waals surface area contributed by atoms with Crippen molar-refractivity contribution in [1.82, 2.24) is 4.90 Å².